The van der Waals surface area contributed by atoms with Gasteiger partial charge in [0.15, 0.2) is 5.65 Å². The summed E-state index contributed by atoms with van der Waals surface area (Å²) in [4.78, 5) is 21.6. The van der Waals surface area contributed by atoms with Crippen molar-refractivity contribution in [3.8, 4) is 16.9 Å². The molecule has 30 heavy (non-hydrogen) atoms. The Morgan fingerprint density at radius 1 is 0.967 bits per heavy atom. The van der Waals surface area contributed by atoms with Gasteiger partial charge in [-0.1, -0.05) is 67.4 Å². The number of nitrogens with zero attached hydrogens (tertiary/aromatic N) is 3. The highest BCUT2D eigenvalue weighted by molar-refractivity contribution is 6.36. The highest BCUT2D eigenvalue weighted by atomic mass is 35.5. The minimum absolute atomic E-state index is 0.00719. The van der Waals surface area contributed by atoms with Gasteiger partial charge in [-0.15, -0.1) is 0 Å². The summed E-state index contributed by atoms with van der Waals surface area (Å²) in [5, 5.41) is 0.656. The lowest BCUT2D eigenvalue weighted by Gasteiger charge is -2.18. The standard InChI is InChI=1S/C23H18Cl2FN3O/c1-3-13-8-7-9-14(4-2)20(13)29-22-16(21(25)28-23(29)30)12-17(24)19(27-22)15-10-5-6-11-18(15)26/h5-12H,3-4H2,1-2H3. The van der Waals surface area contributed by atoms with Crippen molar-refractivity contribution in [2.24, 2.45) is 0 Å². The number of rotatable bonds is 4. The molecule has 4 aromatic rings. The lowest BCUT2D eigenvalue weighted by molar-refractivity contribution is 0.631. The van der Waals surface area contributed by atoms with E-state index in [1.807, 2.05) is 32.0 Å². The largest absolute Gasteiger partial charge is 0.355 e. The number of aryl methyl sites for hydroxylation is 2. The first-order valence-corrected chi connectivity index (χ1v) is 10.4. The number of benzene rings is 2. The maximum absolute atomic E-state index is 14.5. The predicted octanol–water partition coefficient (Wildman–Crippen LogP) is 6.02. The molecule has 0 aliphatic heterocycles. The van der Waals surface area contributed by atoms with E-state index in [4.69, 9.17) is 23.2 Å². The van der Waals surface area contributed by atoms with Gasteiger partial charge in [0.05, 0.1) is 21.8 Å². The summed E-state index contributed by atoms with van der Waals surface area (Å²) in [5.41, 5.74) is 2.92. The van der Waals surface area contributed by atoms with Crippen LogP contribution in [-0.2, 0) is 12.8 Å². The van der Waals surface area contributed by atoms with Gasteiger partial charge in [-0.3, -0.25) is 0 Å². The Labute approximate surface area is 182 Å². The first-order chi connectivity index (χ1) is 14.5. The molecule has 0 atom stereocenters. The number of hydrogen-bond acceptors (Lipinski definition) is 3. The third-order valence-corrected chi connectivity index (χ3v) is 5.67. The molecular formula is C23H18Cl2FN3O. The smallest absolute Gasteiger partial charge is 0.245 e. The van der Waals surface area contributed by atoms with E-state index in [1.165, 1.54) is 10.6 Å². The monoisotopic (exact) mass is 441 g/mol. The first kappa shape index (κ1) is 20.5. The maximum Gasteiger partial charge on any atom is 0.355 e. The van der Waals surface area contributed by atoms with Gasteiger partial charge in [0.1, 0.15) is 11.0 Å². The average molecular weight is 442 g/mol. The third-order valence-electron chi connectivity index (χ3n) is 5.09. The first-order valence-electron chi connectivity index (χ1n) is 9.61. The molecule has 0 saturated heterocycles. The van der Waals surface area contributed by atoms with Crippen LogP contribution in [0.15, 0.2) is 53.3 Å². The zero-order valence-corrected chi connectivity index (χ0v) is 17.9. The Kier molecular flexibility index (Phi) is 5.58. The average Bonchev–Trinajstić information content (AvgIpc) is 2.74. The Balaban J connectivity index is 2.16. The SMILES string of the molecule is CCc1cccc(CC)c1-n1c(=O)nc(Cl)c2cc(Cl)c(-c3ccccc3F)nc21. The summed E-state index contributed by atoms with van der Waals surface area (Å²) in [5.74, 6) is -0.455. The summed E-state index contributed by atoms with van der Waals surface area (Å²) in [7, 11) is 0. The molecule has 4 rings (SSSR count). The molecule has 2 heterocycles. The van der Waals surface area contributed by atoms with Crippen LogP contribution in [0.1, 0.15) is 25.0 Å². The molecule has 4 nitrogen and oxygen atoms in total. The molecule has 2 aromatic heterocycles. The fraction of sp³-hybridized carbons (Fsp3) is 0.174. The van der Waals surface area contributed by atoms with Crippen molar-refractivity contribution in [2.75, 3.05) is 0 Å². The lowest BCUT2D eigenvalue weighted by atomic mass is 10.0. The Bertz CT molecular complexity index is 1310. The van der Waals surface area contributed by atoms with Crippen LogP contribution >= 0.6 is 23.2 Å². The fourth-order valence-electron chi connectivity index (χ4n) is 3.63. The van der Waals surface area contributed by atoms with Crippen LogP contribution in [0.3, 0.4) is 0 Å². The van der Waals surface area contributed by atoms with Crippen LogP contribution in [0.4, 0.5) is 4.39 Å². The van der Waals surface area contributed by atoms with E-state index in [-0.39, 0.29) is 21.4 Å². The number of fused-ring (bicyclic) bond motifs is 1. The predicted molar refractivity (Wildman–Crippen MR) is 119 cm³/mol. The van der Waals surface area contributed by atoms with Crippen molar-refractivity contribution in [3.63, 3.8) is 0 Å². The van der Waals surface area contributed by atoms with E-state index in [1.54, 1.807) is 24.3 Å². The second kappa shape index (κ2) is 8.17. The Morgan fingerprint density at radius 3 is 2.27 bits per heavy atom. The highest BCUT2D eigenvalue weighted by Gasteiger charge is 2.20. The highest BCUT2D eigenvalue weighted by Crippen LogP contribution is 2.33. The van der Waals surface area contributed by atoms with Crippen molar-refractivity contribution in [1.29, 1.82) is 0 Å². The molecule has 0 spiro atoms. The minimum Gasteiger partial charge on any atom is -0.245 e. The van der Waals surface area contributed by atoms with Crippen molar-refractivity contribution < 1.29 is 4.39 Å². The van der Waals surface area contributed by atoms with E-state index < -0.39 is 11.5 Å². The molecule has 0 aliphatic carbocycles. The van der Waals surface area contributed by atoms with Gasteiger partial charge in [-0.25, -0.2) is 18.7 Å². The van der Waals surface area contributed by atoms with Crippen LogP contribution in [0, 0.1) is 5.82 Å². The van der Waals surface area contributed by atoms with E-state index in [2.05, 4.69) is 9.97 Å². The molecule has 0 fully saturated rings. The summed E-state index contributed by atoms with van der Waals surface area (Å²) in [6.45, 7) is 4.04. The van der Waals surface area contributed by atoms with Gasteiger partial charge >= 0.3 is 5.69 Å². The molecule has 152 valence electrons. The quantitative estimate of drug-likeness (QED) is 0.363. The number of halogens is 3. The van der Waals surface area contributed by atoms with E-state index >= 15 is 0 Å². The van der Waals surface area contributed by atoms with Gasteiger partial charge in [-0.05, 0) is 42.2 Å². The molecule has 0 N–H and O–H groups in total. The molecule has 0 unspecified atom stereocenters. The molecule has 0 saturated carbocycles. The molecule has 0 amide bonds. The second-order valence-electron chi connectivity index (χ2n) is 6.82. The van der Waals surface area contributed by atoms with Gasteiger partial charge in [-0.2, -0.15) is 4.98 Å². The zero-order chi connectivity index (χ0) is 21.4. The van der Waals surface area contributed by atoms with E-state index in [0.29, 0.717) is 23.9 Å². The maximum atomic E-state index is 14.5. The Morgan fingerprint density at radius 2 is 1.63 bits per heavy atom. The van der Waals surface area contributed by atoms with E-state index in [9.17, 15) is 9.18 Å². The molecule has 0 radical (unpaired) electrons. The second-order valence-corrected chi connectivity index (χ2v) is 7.59. The number of aromatic nitrogens is 3. The molecule has 0 aliphatic rings. The van der Waals surface area contributed by atoms with Crippen LogP contribution in [0.2, 0.25) is 10.2 Å². The molecule has 0 bridgehead atoms. The van der Waals surface area contributed by atoms with Crippen molar-refractivity contribution in [3.05, 3.63) is 86.1 Å². The molecule has 2 aromatic carbocycles. The normalized spacial score (nSPS) is 11.2. The topological polar surface area (TPSA) is 47.8 Å². The summed E-state index contributed by atoms with van der Waals surface area (Å²) < 4.78 is 15.9. The number of pyridine rings is 1. The van der Waals surface area contributed by atoms with Crippen LogP contribution in [-0.4, -0.2) is 14.5 Å². The van der Waals surface area contributed by atoms with E-state index in [0.717, 1.165) is 16.8 Å². The lowest BCUT2D eigenvalue weighted by Crippen LogP contribution is -2.25. The fourth-order valence-corrected chi connectivity index (χ4v) is 4.10. The third kappa shape index (κ3) is 3.38. The van der Waals surface area contributed by atoms with Crippen LogP contribution in [0.5, 0.6) is 0 Å². The van der Waals surface area contributed by atoms with Gasteiger partial charge in [0.2, 0.25) is 0 Å². The van der Waals surface area contributed by atoms with Crippen LogP contribution < -0.4 is 5.69 Å². The zero-order valence-electron chi connectivity index (χ0n) is 16.4. The van der Waals surface area contributed by atoms with Gasteiger partial charge in [0, 0.05) is 5.56 Å². The summed E-state index contributed by atoms with van der Waals surface area (Å²) >= 11 is 12.7. The van der Waals surface area contributed by atoms with Gasteiger partial charge < -0.3 is 0 Å². The Hall–Kier alpha value is -2.76. The molecule has 7 heteroatoms. The minimum atomic E-state index is -0.544. The summed E-state index contributed by atoms with van der Waals surface area (Å²) in [6, 6.07) is 13.7. The summed E-state index contributed by atoms with van der Waals surface area (Å²) in [6.07, 6.45) is 1.43. The van der Waals surface area contributed by atoms with Crippen molar-refractivity contribution >= 4 is 34.2 Å². The van der Waals surface area contributed by atoms with Gasteiger partial charge in [0.25, 0.3) is 0 Å². The van der Waals surface area contributed by atoms with Crippen molar-refractivity contribution in [1.82, 2.24) is 14.5 Å². The van der Waals surface area contributed by atoms with Crippen molar-refractivity contribution in [2.45, 2.75) is 26.7 Å². The molecular weight excluding hydrogens is 424 g/mol. The van der Waals surface area contributed by atoms with Crippen LogP contribution in [0.25, 0.3) is 28.0 Å². The number of para-hydroxylation sites is 1. The number of hydrogen-bond donors (Lipinski definition) is 0.